The van der Waals surface area contributed by atoms with Gasteiger partial charge in [-0.15, -0.1) is 0 Å². The molecule has 8 atom stereocenters. The van der Waals surface area contributed by atoms with Gasteiger partial charge in [0.1, 0.15) is 42.5 Å². The Hall–Kier alpha value is -2.85. The van der Waals surface area contributed by atoms with Gasteiger partial charge in [0.05, 0.1) is 6.61 Å². The smallest absolute Gasteiger partial charge is 0.326 e. The number of hydrogen-bond donors (Lipinski definition) is 7. The second-order valence-electron chi connectivity index (χ2n) is 13.2. The third-order valence-corrected chi connectivity index (χ3v) is 8.75. The average Bonchev–Trinajstić information content (AvgIpc) is 3.06. The molecule has 0 spiro atoms. The number of carbonyl (C=O) groups is 5. The van der Waals surface area contributed by atoms with Crippen LogP contribution in [0, 0.1) is 0 Å². The predicted molar refractivity (Wildman–Crippen MR) is 184 cm³/mol. The van der Waals surface area contributed by atoms with E-state index in [2.05, 4.69) is 22.9 Å². The lowest BCUT2D eigenvalue weighted by Gasteiger charge is -2.44. The molecule has 0 saturated carbocycles. The van der Waals surface area contributed by atoms with E-state index in [0.717, 1.165) is 25.7 Å². The molecular weight excluding hydrogens is 654 g/mol. The van der Waals surface area contributed by atoms with Gasteiger partial charge in [-0.25, -0.2) is 4.79 Å². The number of rotatable bonds is 28. The minimum absolute atomic E-state index is 0.298. The number of carbonyl (C=O) groups excluding carboxylic acids is 3. The van der Waals surface area contributed by atoms with Crippen molar-refractivity contribution in [2.24, 2.45) is 0 Å². The summed E-state index contributed by atoms with van der Waals surface area (Å²) in [4.78, 5) is 59.9. The Morgan fingerprint density at radius 2 is 1.34 bits per heavy atom. The molecule has 290 valence electrons. The number of aliphatic hydroxyl groups excluding tert-OH is 2. The molecule has 0 radical (unpaired) electrons. The first-order chi connectivity index (χ1) is 23.8. The number of ether oxygens (including phenoxy) is 3. The van der Waals surface area contributed by atoms with E-state index in [4.69, 9.17) is 19.3 Å². The van der Waals surface area contributed by atoms with Gasteiger partial charge < -0.3 is 50.6 Å². The van der Waals surface area contributed by atoms with Crippen molar-refractivity contribution >= 4 is 29.7 Å². The van der Waals surface area contributed by atoms with Gasteiger partial charge in [0.25, 0.3) is 0 Å². The van der Waals surface area contributed by atoms with E-state index in [1.54, 1.807) is 0 Å². The van der Waals surface area contributed by atoms with Crippen LogP contribution in [-0.4, -0.2) is 112 Å². The zero-order valence-corrected chi connectivity index (χ0v) is 30.4. The first-order valence-corrected chi connectivity index (χ1v) is 18.4. The van der Waals surface area contributed by atoms with Gasteiger partial charge in [-0.3, -0.25) is 19.2 Å². The van der Waals surface area contributed by atoms with Crippen molar-refractivity contribution in [2.75, 3.05) is 13.2 Å². The predicted octanol–water partition coefficient (Wildman–Crippen LogP) is 2.78. The Balaban J connectivity index is 2.63. The van der Waals surface area contributed by atoms with Gasteiger partial charge >= 0.3 is 11.9 Å². The molecule has 1 aliphatic heterocycles. The van der Waals surface area contributed by atoms with E-state index in [1.165, 1.54) is 85.0 Å². The van der Waals surface area contributed by atoms with Crippen LogP contribution in [0.1, 0.15) is 130 Å². The third kappa shape index (κ3) is 18.4. The number of hydrogen-bond acceptors (Lipinski definition) is 10. The largest absolute Gasteiger partial charge is 0.481 e. The molecule has 15 heteroatoms. The van der Waals surface area contributed by atoms with E-state index >= 15 is 0 Å². The maximum atomic E-state index is 13.0. The topological polar surface area (TPSA) is 230 Å². The van der Waals surface area contributed by atoms with Gasteiger partial charge in [-0.05, 0) is 26.7 Å². The van der Waals surface area contributed by atoms with E-state index in [0.29, 0.717) is 6.61 Å². The first kappa shape index (κ1) is 45.2. The molecule has 1 unspecified atom stereocenters. The molecule has 1 fully saturated rings. The fraction of sp³-hybridized carbons (Fsp3) is 0.857. The second kappa shape index (κ2) is 26.0. The van der Waals surface area contributed by atoms with E-state index in [-0.39, 0.29) is 6.42 Å². The number of carboxylic acid groups (broad SMARTS) is 2. The number of carboxylic acids is 2. The molecule has 7 N–H and O–H groups in total. The van der Waals surface area contributed by atoms with Gasteiger partial charge in [0.2, 0.25) is 17.7 Å². The van der Waals surface area contributed by atoms with Crippen molar-refractivity contribution in [3.8, 4) is 0 Å². The SMILES string of the molecule is CCCCCCCCCCCCCCCCO[C@@H]1O[C@H](CO)[C@@H](O)[C@H](OC(C)C(=O)N[C@@H](C)C(=O)N[C@H](CCC(=O)O)C(=O)O)[C@H]1NC(C)=O. The molecule has 50 heavy (non-hydrogen) atoms. The summed E-state index contributed by atoms with van der Waals surface area (Å²) in [6, 6.07) is -3.74. The lowest BCUT2D eigenvalue weighted by atomic mass is 9.96. The molecule has 15 nitrogen and oxygen atoms in total. The van der Waals surface area contributed by atoms with Crippen LogP contribution in [0.15, 0.2) is 0 Å². The van der Waals surface area contributed by atoms with Crippen molar-refractivity contribution in [3.05, 3.63) is 0 Å². The number of amides is 3. The summed E-state index contributed by atoms with van der Waals surface area (Å²) in [5.41, 5.74) is 0. The highest BCUT2D eigenvalue weighted by molar-refractivity contribution is 5.91. The molecule has 0 bridgehead atoms. The van der Waals surface area contributed by atoms with Crippen molar-refractivity contribution in [1.82, 2.24) is 16.0 Å². The van der Waals surface area contributed by atoms with E-state index in [9.17, 15) is 39.3 Å². The second-order valence-corrected chi connectivity index (χ2v) is 13.2. The molecule has 0 aromatic heterocycles. The number of unbranched alkanes of at least 4 members (excludes halogenated alkanes) is 13. The summed E-state index contributed by atoms with van der Waals surface area (Å²) >= 11 is 0. The zero-order chi connectivity index (χ0) is 37.5. The van der Waals surface area contributed by atoms with Crippen molar-refractivity contribution in [3.63, 3.8) is 0 Å². The maximum Gasteiger partial charge on any atom is 0.326 e. The summed E-state index contributed by atoms with van der Waals surface area (Å²) in [7, 11) is 0. The maximum absolute atomic E-state index is 13.0. The normalized spacial score (nSPS) is 22.2. The Morgan fingerprint density at radius 1 is 0.800 bits per heavy atom. The Labute approximate surface area is 296 Å². The van der Waals surface area contributed by atoms with Gasteiger partial charge in [0.15, 0.2) is 6.29 Å². The Bertz CT molecular complexity index is 1020. The molecule has 1 heterocycles. The molecule has 1 aliphatic rings. The number of aliphatic hydroxyl groups is 2. The standard InChI is InChI=1S/C35H63N3O12/c1-5-6-7-8-9-10-11-12-13-14-15-16-17-18-21-48-35-29(37-25(4)40)31(30(43)27(22-39)50-35)49-24(3)33(45)36-23(2)32(44)38-26(34(46)47)19-20-28(41)42/h23-24,26-27,29-31,35,39,43H,5-22H2,1-4H3,(H,36,45)(H,37,40)(H,38,44)(H,41,42)(H,46,47)/t23-,24?,26+,27+,29+,30+,31+,35+/m0/s1. The lowest BCUT2D eigenvalue weighted by Crippen LogP contribution is -2.66. The molecule has 0 aromatic carbocycles. The molecule has 3 amide bonds. The van der Waals surface area contributed by atoms with Crippen LogP contribution < -0.4 is 16.0 Å². The van der Waals surface area contributed by atoms with Crippen molar-refractivity contribution < 1.29 is 58.6 Å². The number of aliphatic carboxylic acids is 2. The van der Waals surface area contributed by atoms with Gasteiger partial charge in [-0.2, -0.15) is 0 Å². The zero-order valence-electron chi connectivity index (χ0n) is 30.4. The van der Waals surface area contributed by atoms with Crippen LogP contribution in [0.4, 0.5) is 0 Å². The summed E-state index contributed by atoms with van der Waals surface area (Å²) in [5, 5.41) is 46.3. The van der Waals surface area contributed by atoms with Crippen molar-refractivity contribution in [1.29, 1.82) is 0 Å². The highest BCUT2D eigenvalue weighted by atomic mass is 16.7. The lowest BCUT2D eigenvalue weighted by molar-refractivity contribution is -0.280. The Morgan fingerprint density at radius 3 is 1.82 bits per heavy atom. The summed E-state index contributed by atoms with van der Waals surface area (Å²) in [6.07, 6.45) is 9.83. The quantitative estimate of drug-likeness (QED) is 0.0580. The Kier molecular flexibility index (Phi) is 23.5. The fourth-order valence-electron chi connectivity index (χ4n) is 5.77. The highest BCUT2D eigenvalue weighted by Gasteiger charge is 2.48. The van der Waals surface area contributed by atoms with Crippen molar-refractivity contribution in [2.45, 2.75) is 179 Å². The van der Waals surface area contributed by atoms with Crippen LogP contribution in [0.3, 0.4) is 0 Å². The molecule has 0 aliphatic carbocycles. The van der Waals surface area contributed by atoms with Gasteiger partial charge in [-0.1, -0.05) is 90.4 Å². The highest BCUT2D eigenvalue weighted by Crippen LogP contribution is 2.26. The van der Waals surface area contributed by atoms with E-state index < -0.39 is 91.5 Å². The summed E-state index contributed by atoms with van der Waals surface area (Å²) < 4.78 is 17.6. The van der Waals surface area contributed by atoms with Crippen LogP contribution in [0.25, 0.3) is 0 Å². The van der Waals surface area contributed by atoms with Crippen LogP contribution >= 0.6 is 0 Å². The molecular formula is C35H63N3O12. The van der Waals surface area contributed by atoms with Crippen LogP contribution in [-0.2, 0) is 38.2 Å². The molecule has 0 aromatic rings. The minimum atomic E-state index is -1.47. The minimum Gasteiger partial charge on any atom is -0.481 e. The average molecular weight is 718 g/mol. The van der Waals surface area contributed by atoms with Crippen LogP contribution in [0.2, 0.25) is 0 Å². The molecule has 1 saturated heterocycles. The first-order valence-electron chi connectivity index (χ1n) is 18.4. The fourth-order valence-corrected chi connectivity index (χ4v) is 5.77. The number of nitrogens with one attached hydrogen (secondary N) is 3. The van der Waals surface area contributed by atoms with Gasteiger partial charge in [0, 0.05) is 20.0 Å². The summed E-state index contributed by atoms with van der Waals surface area (Å²) in [6.45, 7) is 5.88. The summed E-state index contributed by atoms with van der Waals surface area (Å²) in [5.74, 6) is -4.76. The monoisotopic (exact) mass is 717 g/mol. The molecule has 1 rings (SSSR count). The van der Waals surface area contributed by atoms with E-state index in [1.807, 2.05) is 0 Å². The van der Waals surface area contributed by atoms with Crippen LogP contribution in [0.5, 0.6) is 0 Å². The third-order valence-electron chi connectivity index (χ3n) is 8.75.